The summed E-state index contributed by atoms with van der Waals surface area (Å²) >= 11 is 0. The molecule has 0 fully saturated rings. The Kier molecular flexibility index (Phi) is 4.67. The number of nitrogens with one attached hydrogen (secondary N) is 1. The van der Waals surface area contributed by atoms with E-state index in [0.717, 1.165) is 5.39 Å². The fourth-order valence-electron chi connectivity index (χ4n) is 2.29. The number of rotatable bonds is 6. The maximum Gasteiger partial charge on any atom is 0.291 e. The van der Waals surface area contributed by atoms with Crippen molar-refractivity contribution in [3.63, 3.8) is 0 Å². The van der Waals surface area contributed by atoms with E-state index in [-0.39, 0.29) is 11.7 Å². The number of carbonyl (C=O) groups is 1. The number of furan rings is 1. The second kappa shape index (κ2) is 7.06. The molecule has 0 aliphatic heterocycles. The van der Waals surface area contributed by atoms with Gasteiger partial charge in [0.2, 0.25) is 0 Å². The van der Waals surface area contributed by atoms with E-state index in [0.29, 0.717) is 35.9 Å². The predicted molar refractivity (Wildman–Crippen MR) is 92.4 cm³/mol. The molecule has 0 atom stereocenters. The van der Waals surface area contributed by atoms with E-state index in [1.807, 2.05) is 12.1 Å². The van der Waals surface area contributed by atoms with Crippen molar-refractivity contribution in [2.75, 3.05) is 31.4 Å². The summed E-state index contributed by atoms with van der Waals surface area (Å²) in [6, 6.07) is 14.2. The summed E-state index contributed by atoms with van der Waals surface area (Å²) in [5.74, 6) is 0.394. The molecule has 1 amide bonds. The van der Waals surface area contributed by atoms with Crippen LogP contribution in [0.5, 0.6) is 5.75 Å². The summed E-state index contributed by atoms with van der Waals surface area (Å²) in [7, 11) is 1.61. The first-order chi connectivity index (χ1) is 11.7. The lowest BCUT2D eigenvalue weighted by Crippen LogP contribution is -2.12. The van der Waals surface area contributed by atoms with Gasteiger partial charge in [-0.2, -0.15) is 0 Å². The van der Waals surface area contributed by atoms with E-state index in [2.05, 4.69) is 5.32 Å². The molecule has 3 rings (SSSR count). The zero-order chi connectivity index (χ0) is 16.9. The van der Waals surface area contributed by atoms with Crippen molar-refractivity contribution in [1.29, 1.82) is 0 Å². The predicted octanol–water partition coefficient (Wildman–Crippen LogP) is 3.29. The summed E-state index contributed by atoms with van der Waals surface area (Å²) in [5.41, 5.74) is 7.40. The Morgan fingerprint density at radius 1 is 1.17 bits per heavy atom. The average Bonchev–Trinajstić information content (AvgIpc) is 3.02. The van der Waals surface area contributed by atoms with Crippen LogP contribution in [0.2, 0.25) is 0 Å². The minimum atomic E-state index is -0.369. The normalized spacial score (nSPS) is 10.7. The lowest BCUT2D eigenvalue weighted by Gasteiger charge is -2.06. The standard InChI is InChI=1S/C18H18N2O4/c1-22-9-10-23-15-8-4-5-12-11-16(24-17(12)15)18(21)20-14-7-3-2-6-13(14)19/h2-8,11H,9-10,19H2,1H3,(H,20,21). The van der Waals surface area contributed by atoms with Crippen LogP contribution in [0.3, 0.4) is 0 Å². The van der Waals surface area contributed by atoms with Crippen LogP contribution < -0.4 is 15.8 Å². The van der Waals surface area contributed by atoms with Gasteiger partial charge in [0.25, 0.3) is 5.91 Å². The maximum absolute atomic E-state index is 12.4. The number of nitrogen functional groups attached to an aromatic ring is 1. The molecule has 0 aliphatic rings. The Morgan fingerprint density at radius 3 is 2.79 bits per heavy atom. The first kappa shape index (κ1) is 15.9. The van der Waals surface area contributed by atoms with Crippen molar-refractivity contribution in [2.45, 2.75) is 0 Å². The van der Waals surface area contributed by atoms with Crippen molar-refractivity contribution >= 4 is 28.3 Å². The Bertz CT molecular complexity index is 857. The van der Waals surface area contributed by atoms with E-state index in [4.69, 9.17) is 19.6 Å². The quantitative estimate of drug-likeness (QED) is 0.536. The molecule has 1 heterocycles. The number of nitrogens with two attached hydrogens (primary N) is 1. The molecule has 124 valence electrons. The Hall–Kier alpha value is -2.99. The molecule has 0 aliphatic carbocycles. The number of fused-ring (bicyclic) bond motifs is 1. The van der Waals surface area contributed by atoms with Crippen LogP contribution in [0.4, 0.5) is 11.4 Å². The molecule has 0 bridgehead atoms. The molecule has 3 N–H and O–H groups in total. The molecule has 0 saturated heterocycles. The van der Waals surface area contributed by atoms with E-state index < -0.39 is 0 Å². The summed E-state index contributed by atoms with van der Waals surface area (Å²) in [6.45, 7) is 0.871. The Balaban J connectivity index is 1.83. The number of ether oxygens (including phenoxy) is 2. The van der Waals surface area contributed by atoms with Crippen molar-refractivity contribution in [3.05, 3.63) is 54.3 Å². The van der Waals surface area contributed by atoms with Gasteiger partial charge < -0.3 is 24.9 Å². The molecular weight excluding hydrogens is 308 g/mol. The average molecular weight is 326 g/mol. The van der Waals surface area contributed by atoms with Gasteiger partial charge in [-0.25, -0.2) is 0 Å². The maximum atomic E-state index is 12.4. The van der Waals surface area contributed by atoms with E-state index in [9.17, 15) is 4.79 Å². The highest BCUT2D eigenvalue weighted by atomic mass is 16.5. The number of methoxy groups -OCH3 is 1. The van der Waals surface area contributed by atoms with E-state index in [1.165, 1.54) is 0 Å². The number of hydrogen-bond donors (Lipinski definition) is 2. The van der Waals surface area contributed by atoms with Gasteiger partial charge in [0.05, 0.1) is 18.0 Å². The fraction of sp³-hybridized carbons (Fsp3) is 0.167. The lowest BCUT2D eigenvalue weighted by atomic mass is 10.2. The SMILES string of the molecule is COCCOc1cccc2cc(C(=O)Nc3ccccc3N)oc12. The van der Waals surface area contributed by atoms with Crippen LogP contribution in [0.1, 0.15) is 10.6 Å². The van der Waals surface area contributed by atoms with Crippen LogP contribution in [0, 0.1) is 0 Å². The number of amides is 1. The first-order valence-corrected chi connectivity index (χ1v) is 7.49. The van der Waals surface area contributed by atoms with Gasteiger partial charge in [0.1, 0.15) is 6.61 Å². The molecular formula is C18H18N2O4. The van der Waals surface area contributed by atoms with Gasteiger partial charge >= 0.3 is 0 Å². The third kappa shape index (κ3) is 3.33. The lowest BCUT2D eigenvalue weighted by molar-refractivity contribution is 0.0998. The minimum absolute atomic E-state index is 0.191. The molecule has 3 aromatic rings. The van der Waals surface area contributed by atoms with Crippen LogP contribution in [-0.2, 0) is 4.74 Å². The molecule has 0 unspecified atom stereocenters. The molecule has 24 heavy (non-hydrogen) atoms. The van der Waals surface area contributed by atoms with Crippen LogP contribution in [0.25, 0.3) is 11.0 Å². The van der Waals surface area contributed by atoms with Crippen LogP contribution in [-0.4, -0.2) is 26.2 Å². The fourth-order valence-corrected chi connectivity index (χ4v) is 2.29. The number of benzene rings is 2. The molecule has 0 saturated carbocycles. The second-order valence-corrected chi connectivity index (χ2v) is 5.17. The van der Waals surface area contributed by atoms with Gasteiger partial charge in [-0.05, 0) is 24.3 Å². The minimum Gasteiger partial charge on any atom is -0.487 e. The van der Waals surface area contributed by atoms with E-state index in [1.54, 1.807) is 43.5 Å². The highest BCUT2D eigenvalue weighted by Gasteiger charge is 2.16. The summed E-state index contributed by atoms with van der Waals surface area (Å²) in [4.78, 5) is 12.4. The molecule has 0 spiro atoms. The van der Waals surface area contributed by atoms with Gasteiger partial charge in [-0.3, -0.25) is 4.79 Å². The van der Waals surface area contributed by atoms with E-state index >= 15 is 0 Å². The highest BCUT2D eigenvalue weighted by molar-refractivity contribution is 6.06. The third-order valence-electron chi connectivity index (χ3n) is 3.49. The van der Waals surface area contributed by atoms with Crippen molar-refractivity contribution < 1.29 is 18.7 Å². The highest BCUT2D eigenvalue weighted by Crippen LogP contribution is 2.29. The largest absolute Gasteiger partial charge is 0.487 e. The second-order valence-electron chi connectivity index (χ2n) is 5.17. The molecule has 6 nitrogen and oxygen atoms in total. The number of para-hydroxylation sites is 3. The molecule has 0 radical (unpaired) electrons. The van der Waals surface area contributed by atoms with Crippen LogP contribution in [0.15, 0.2) is 52.9 Å². The summed E-state index contributed by atoms with van der Waals surface area (Å²) in [6.07, 6.45) is 0. The van der Waals surface area contributed by atoms with Gasteiger partial charge in [0.15, 0.2) is 17.1 Å². The van der Waals surface area contributed by atoms with Gasteiger partial charge in [-0.15, -0.1) is 0 Å². The summed E-state index contributed by atoms with van der Waals surface area (Å²) in [5, 5.41) is 3.53. The number of hydrogen-bond acceptors (Lipinski definition) is 5. The molecule has 1 aromatic heterocycles. The topological polar surface area (TPSA) is 86.7 Å². The van der Waals surface area contributed by atoms with Crippen LogP contribution >= 0.6 is 0 Å². The smallest absolute Gasteiger partial charge is 0.291 e. The third-order valence-corrected chi connectivity index (χ3v) is 3.49. The number of anilines is 2. The monoisotopic (exact) mass is 326 g/mol. The van der Waals surface area contributed by atoms with Gasteiger partial charge in [-0.1, -0.05) is 24.3 Å². The van der Waals surface area contributed by atoms with Crippen molar-refractivity contribution in [3.8, 4) is 5.75 Å². The van der Waals surface area contributed by atoms with Gasteiger partial charge in [0, 0.05) is 12.5 Å². The zero-order valence-corrected chi connectivity index (χ0v) is 13.2. The summed E-state index contributed by atoms with van der Waals surface area (Å²) < 4.78 is 16.3. The first-order valence-electron chi connectivity index (χ1n) is 7.49. The van der Waals surface area contributed by atoms with Crippen molar-refractivity contribution in [1.82, 2.24) is 0 Å². The Labute approximate surface area is 139 Å². The number of carbonyl (C=O) groups excluding carboxylic acids is 1. The molecule has 2 aromatic carbocycles. The Morgan fingerprint density at radius 2 is 2.00 bits per heavy atom. The zero-order valence-electron chi connectivity index (χ0n) is 13.2. The van der Waals surface area contributed by atoms with Crippen molar-refractivity contribution in [2.24, 2.45) is 0 Å². The molecule has 6 heteroatoms.